The van der Waals surface area contributed by atoms with Crippen LogP contribution >= 0.6 is 0 Å². The van der Waals surface area contributed by atoms with Crippen LogP contribution in [0.5, 0.6) is 11.5 Å². The van der Waals surface area contributed by atoms with Crippen molar-refractivity contribution in [2.45, 2.75) is 52.6 Å². The summed E-state index contributed by atoms with van der Waals surface area (Å²) in [6.07, 6.45) is 2.31. The zero-order chi connectivity index (χ0) is 23.1. The van der Waals surface area contributed by atoms with E-state index in [1.165, 1.54) is 0 Å². The highest BCUT2D eigenvalue weighted by atomic mass is 16.7. The topological polar surface area (TPSA) is 67.1 Å². The number of furan rings is 1. The van der Waals surface area contributed by atoms with Crippen LogP contribution in [-0.4, -0.2) is 33.1 Å². The van der Waals surface area contributed by atoms with Crippen LogP contribution in [0.1, 0.15) is 50.9 Å². The van der Waals surface area contributed by atoms with E-state index in [0.717, 1.165) is 27.9 Å². The first-order valence-electron chi connectivity index (χ1n) is 10.4. The van der Waals surface area contributed by atoms with Gasteiger partial charge in [-0.1, -0.05) is 26.5 Å². The van der Waals surface area contributed by atoms with Crippen LogP contribution in [0.2, 0.25) is 0 Å². The molecule has 0 N–H and O–H groups in total. The molecule has 0 amide bonds. The van der Waals surface area contributed by atoms with E-state index in [-0.39, 0.29) is 37.1 Å². The molecule has 0 radical (unpaired) electrons. The van der Waals surface area contributed by atoms with Crippen molar-refractivity contribution >= 4 is 16.9 Å². The Labute approximate surface area is 184 Å². The molecule has 0 saturated carbocycles. The molecule has 0 aliphatic carbocycles. The fourth-order valence-corrected chi connectivity index (χ4v) is 3.50. The summed E-state index contributed by atoms with van der Waals surface area (Å²) >= 11 is 0. The number of methoxy groups -OCH3 is 2. The van der Waals surface area contributed by atoms with Crippen LogP contribution in [0.3, 0.4) is 0 Å². The van der Waals surface area contributed by atoms with E-state index < -0.39 is 0 Å². The Morgan fingerprint density at radius 3 is 2.55 bits per heavy atom. The maximum atomic E-state index is 12.4. The van der Waals surface area contributed by atoms with Gasteiger partial charge in [-0.25, -0.2) is 0 Å². The predicted molar refractivity (Wildman–Crippen MR) is 122 cm³/mol. The lowest BCUT2D eigenvalue weighted by Crippen LogP contribution is -2.25. The number of hydrogen-bond donors (Lipinski definition) is 0. The first-order chi connectivity index (χ1) is 14.7. The lowest BCUT2D eigenvalue weighted by Gasteiger charge is -2.22. The molecule has 0 unspecified atom stereocenters. The molecule has 1 heterocycles. The third-order valence-electron chi connectivity index (χ3n) is 5.37. The molecule has 0 aliphatic rings. The van der Waals surface area contributed by atoms with Crippen molar-refractivity contribution in [2.24, 2.45) is 5.92 Å². The van der Waals surface area contributed by atoms with Crippen molar-refractivity contribution < 1.29 is 28.2 Å². The number of fused-ring (bicyclic) bond motifs is 1. The number of ether oxygens (including phenoxy) is 4. The second-order valence-corrected chi connectivity index (χ2v) is 7.94. The monoisotopic (exact) mass is 430 g/mol. The fraction of sp³-hybridized carbons (Fsp3) is 0.480. The van der Waals surface area contributed by atoms with Crippen molar-refractivity contribution in [3.63, 3.8) is 0 Å². The number of aryl methyl sites for hydroxylation is 1. The van der Waals surface area contributed by atoms with Crippen LogP contribution in [0.4, 0.5) is 0 Å². The highest BCUT2D eigenvalue weighted by Crippen LogP contribution is 2.40. The number of esters is 1. The summed E-state index contributed by atoms with van der Waals surface area (Å²) in [5.74, 6) is 1.81. The Kier molecular flexibility index (Phi) is 8.75. The summed E-state index contributed by atoms with van der Waals surface area (Å²) in [5, 5.41) is 0.913. The first-order valence-corrected chi connectivity index (χ1v) is 10.4. The Hall–Kier alpha value is -2.73. The smallest absolute Gasteiger partial charge is 0.306 e. The molecular weight excluding hydrogens is 396 g/mol. The molecule has 0 fully saturated rings. The van der Waals surface area contributed by atoms with Crippen LogP contribution < -0.4 is 9.47 Å². The van der Waals surface area contributed by atoms with Crippen LogP contribution in [-0.2, 0) is 14.3 Å². The minimum absolute atomic E-state index is 0.0155. The number of benzene rings is 1. The van der Waals surface area contributed by atoms with E-state index in [1.54, 1.807) is 20.3 Å². The Bertz CT molecular complexity index is 926. The van der Waals surface area contributed by atoms with Gasteiger partial charge in [-0.05, 0) is 38.0 Å². The molecule has 0 spiro atoms. The van der Waals surface area contributed by atoms with E-state index in [1.807, 2.05) is 39.8 Å². The molecule has 2 aromatic rings. The molecule has 6 heteroatoms. The predicted octanol–water partition coefficient (Wildman–Crippen LogP) is 5.93. The average molecular weight is 431 g/mol. The van der Waals surface area contributed by atoms with E-state index in [4.69, 9.17) is 23.4 Å². The van der Waals surface area contributed by atoms with Gasteiger partial charge in [-0.3, -0.25) is 4.79 Å². The van der Waals surface area contributed by atoms with Gasteiger partial charge in [0.2, 0.25) is 0 Å². The van der Waals surface area contributed by atoms with Gasteiger partial charge >= 0.3 is 5.97 Å². The van der Waals surface area contributed by atoms with Gasteiger partial charge in [0, 0.05) is 36.3 Å². The van der Waals surface area contributed by atoms with Gasteiger partial charge in [-0.2, -0.15) is 0 Å². The molecular formula is C25H34O6. The lowest BCUT2D eigenvalue weighted by atomic mass is 9.99. The number of rotatable bonds is 12. The summed E-state index contributed by atoms with van der Waals surface area (Å²) < 4.78 is 27.9. The molecule has 31 heavy (non-hydrogen) atoms. The Morgan fingerprint density at radius 2 is 1.97 bits per heavy atom. The largest absolute Gasteiger partial charge is 0.492 e. The summed E-state index contributed by atoms with van der Waals surface area (Å²) in [6, 6.07) is 3.86. The van der Waals surface area contributed by atoms with Crippen molar-refractivity contribution in [2.75, 3.05) is 21.0 Å². The quantitative estimate of drug-likeness (QED) is 0.236. The number of hydrogen-bond acceptors (Lipinski definition) is 6. The summed E-state index contributed by atoms with van der Waals surface area (Å²) in [5.41, 5.74) is 2.40. The SMILES string of the molecule is C=C[C@H](C)[C@H](OC(=O)CC[C@H](C)c1cc2cc(OCOC)c(OC)c(C)c2o1)C(=C)C. The zero-order valence-corrected chi connectivity index (χ0v) is 19.4. The van der Waals surface area contributed by atoms with Gasteiger partial charge in [0.15, 0.2) is 18.3 Å². The third kappa shape index (κ3) is 5.91. The molecule has 0 aliphatic heterocycles. The molecule has 170 valence electrons. The lowest BCUT2D eigenvalue weighted by molar-refractivity contribution is -0.148. The van der Waals surface area contributed by atoms with Crippen molar-refractivity contribution in [3.05, 3.63) is 48.3 Å². The molecule has 0 saturated heterocycles. The normalized spacial score (nSPS) is 14.0. The summed E-state index contributed by atoms with van der Waals surface area (Å²) in [6.45, 7) is 15.6. The standard InChI is InChI=1S/C25H34O6/c1-9-16(4)23(15(2)3)31-22(26)11-10-17(5)20-12-19-13-21(29-14-27-7)25(28-8)18(6)24(19)30-20/h9,12-13,16-17,23H,1-2,10-11,14H2,3-8H3/t16-,17-,23+/m0/s1. The van der Waals surface area contributed by atoms with E-state index in [9.17, 15) is 4.79 Å². The van der Waals surface area contributed by atoms with E-state index in [0.29, 0.717) is 17.9 Å². The molecule has 1 aromatic heterocycles. The summed E-state index contributed by atoms with van der Waals surface area (Å²) in [4.78, 5) is 12.4. The van der Waals surface area contributed by atoms with Crippen molar-refractivity contribution in [3.8, 4) is 11.5 Å². The zero-order valence-electron chi connectivity index (χ0n) is 19.4. The Balaban J connectivity index is 2.13. The van der Waals surface area contributed by atoms with Crippen LogP contribution in [0.15, 0.2) is 41.4 Å². The highest BCUT2D eigenvalue weighted by molar-refractivity contribution is 5.86. The first kappa shape index (κ1) is 24.5. The van der Waals surface area contributed by atoms with Gasteiger partial charge in [0.05, 0.1) is 7.11 Å². The van der Waals surface area contributed by atoms with Crippen LogP contribution in [0, 0.1) is 12.8 Å². The average Bonchev–Trinajstić information content (AvgIpc) is 3.18. The molecule has 0 bridgehead atoms. The maximum Gasteiger partial charge on any atom is 0.306 e. The maximum absolute atomic E-state index is 12.4. The highest BCUT2D eigenvalue weighted by Gasteiger charge is 2.22. The molecule has 6 nitrogen and oxygen atoms in total. The van der Waals surface area contributed by atoms with E-state index in [2.05, 4.69) is 13.2 Å². The van der Waals surface area contributed by atoms with Gasteiger partial charge in [0.1, 0.15) is 17.4 Å². The summed E-state index contributed by atoms with van der Waals surface area (Å²) in [7, 11) is 3.16. The van der Waals surface area contributed by atoms with Gasteiger partial charge in [-0.15, -0.1) is 6.58 Å². The minimum Gasteiger partial charge on any atom is -0.492 e. The number of carbonyl (C=O) groups excluding carboxylic acids is 1. The molecule has 2 rings (SSSR count). The number of carbonyl (C=O) groups is 1. The van der Waals surface area contributed by atoms with Crippen molar-refractivity contribution in [1.82, 2.24) is 0 Å². The van der Waals surface area contributed by atoms with Gasteiger partial charge in [0.25, 0.3) is 0 Å². The van der Waals surface area contributed by atoms with E-state index >= 15 is 0 Å². The second-order valence-electron chi connectivity index (χ2n) is 7.94. The fourth-order valence-electron chi connectivity index (χ4n) is 3.50. The third-order valence-corrected chi connectivity index (χ3v) is 5.37. The Morgan fingerprint density at radius 1 is 1.26 bits per heavy atom. The second kappa shape index (κ2) is 11.0. The minimum atomic E-state index is -0.354. The molecule has 1 aromatic carbocycles. The van der Waals surface area contributed by atoms with Crippen molar-refractivity contribution in [1.29, 1.82) is 0 Å². The molecule has 3 atom stereocenters. The van der Waals surface area contributed by atoms with Crippen LogP contribution in [0.25, 0.3) is 11.0 Å². The van der Waals surface area contributed by atoms with Gasteiger partial charge < -0.3 is 23.4 Å².